The third-order valence-corrected chi connectivity index (χ3v) is 2.89. The Hall–Kier alpha value is -1.32. The highest BCUT2D eigenvalue weighted by Gasteiger charge is 2.12. The fourth-order valence-corrected chi connectivity index (χ4v) is 1.85. The van der Waals surface area contributed by atoms with E-state index in [0.29, 0.717) is 23.9 Å². The van der Waals surface area contributed by atoms with Crippen LogP contribution in [-0.2, 0) is 6.54 Å². The molecule has 0 heterocycles. The summed E-state index contributed by atoms with van der Waals surface area (Å²) in [7, 11) is 3.72. The van der Waals surface area contributed by atoms with Crippen molar-refractivity contribution in [2.45, 2.75) is 33.4 Å². The molecule has 0 atom stereocenters. The van der Waals surface area contributed by atoms with Gasteiger partial charge in [-0.05, 0) is 25.5 Å². The molecule has 5 nitrogen and oxygen atoms in total. The Morgan fingerprint density at radius 2 is 2.00 bits per heavy atom. The average molecular weight is 457 g/mol. The predicted molar refractivity (Wildman–Crippen MR) is 103 cm³/mol. The third-order valence-electron chi connectivity index (χ3n) is 2.89. The molecule has 0 aliphatic carbocycles. The van der Waals surface area contributed by atoms with E-state index in [-0.39, 0.29) is 36.3 Å². The Bertz CT molecular complexity index is 514. The smallest absolute Gasteiger partial charge is 0.387 e. The lowest BCUT2D eigenvalue weighted by atomic mass is 10.2. The summed E-state index contributed by atoms with van der Waals surface area (Å²) in [4.78, 5) is 6.24. The molecule has 1 aromatic rings. The number of nitrogens with one attached hydrogen (secondary N) is 1. The first-order valence-corrected chi connectivity index (χ1v) is 7.64. The molecule has 138 valence electrons. The average Bonchev–Trinajstić information content (AvgIpc) is 2.49. The molecular formula is C16H26F2IN3O2. The number of ether oxygens (including phenoxy) is 2. The third kappa shape index (κ3) is 7.98. The minimum Gasteiger partial charge on any atom is -0.493 e. The van der Waals surface area contributed by atoms with E-state index in [2.05, 4.69) is 15.0 Å². The highest BCUT2D eigenvalue weighted by molar-refractivity contribution is 14.0. The number of rotatable bonds is 8. The van der Waals surface area contributed by atoms with Gasteiger partial charge in [-0.25, -0.2) is 4.99 Å². The molecule has 0 fully saturated rings. The summed E-state index contributed by atoms with van der Waals surface area (Å²) in [6.45, 7) is 2.53. The molecule has 0 aromatic heterocycles. The topological polar surface area (TPSA) is 46.1 Å². The molecule has 0 saturated carbocycles. The second-order valence-electron chi connectivity index (χ2n) is 5.06. The van der Waals surface area contributed by atoms with Crippen molar-refractivity contribution < 1.29 is 18.3 Å². The van der Waals surface area contributed by atoms with Gasteiger partial charge in [-0.15, -0.1) is 24.0 Å². The van der Waals surface area contributed by atoms with Gasteiger partial charge in [-0.1, -0.05) is 6.92 Å². The Balaban J connectivity index is 0.00000529. The maximum atomic E-state index is 12.6. The second kappa shape index (κ2) is 12.1. The van der Waals surface area contributed by atoms with Crippen LogP contribution in [0.25, 0.3) is 0 Å². The van der Waals surface area contributed by atoms with Crippen LogP contribution in [0.2, 0.25) is 0 Å². The summed E-state index contributed by atoms with van der Waals surface area (Å²) in [5.74, 6) is 1.28. The number of halogens is 3. The van der Waals surface area contributed by atoms with E-state index in [0.717, 1.165) is 13.0 Å². The van der Waals surface area contributed by atoms with Gasteiger partial charge < -0.3 is 19.7 Å². The summed E-state index contributed by atoms with van der Waals surface area (Å²) >= 11 is 0. The van der Waals surface area contributed by atoms with Gasteiger partial charge >= 0.3 is 6.61 Å². The van der Waals surface area contributed by atoms with Crippen LogP contribution in [0.15, 0.2) is 23.2 Å². The molecule has 0 aliphatic rings. The van der Waals surface area contributed by atoms with E-state index in [1.54, 1.807) is 12.1 Å². The summed E-state index contributed by atoms with van der Waals surface area (Å²) < 4.78 is 35.3. The molecule has 8 heteroatoms. The lowest BCUT2D eigenvalue weighted by Gasteiger charge is -2.17. The number of benzene rings is 1. The van der Waals surface area contributed by atoms with Crippen LogP contribution >= 0.6 is 24.0 Å². The van der Waals surface area contributed by atoms with Gasteiger partial charge in [-0.2, -0.15) is 8.78 Å². The first kappa shape index (κ1) is 22.7. The fourth-order valence-electron chi connectivity index (χ4n) is 1.85. The molecule has 0 bridgehead atoms. The van der Waals surface area contributed by atoms with Crippen LogP contribution in [0, 0.1) is 0 Å². The first-order valence-electron chi connectivity index (χ1n) is 7.64. The zero-order valence-corrected chi connectivity index (χ0v) is 16.8. The van der Waals surface area contributed by atoms with Crippen molar-refractivity contribution in [3.05, 3.63) is 23.8 Å². The molecule has 0 aliphatic heterocycles. The fraction of sp³-hybridized carbons (Fsp3) is 0.562. The van der Waals surface area contributed by atoms with Crippen molar-refractivity contribution in [2.75, 3.05) is 27.2 Å². The van der Waals surface area contributed by atoms with Crippen molar-refractivity contribution in [3.63, 3.8) is 0 Å². The zero-order chi connectivity index (χ0) is 17.2. The van der Waals surface area contributed by atoms with Crippen molar-refractivity contribution in [3.8, 4) is 11.5 Å². The molecule has 24 heavy (non-hydrogen) atoms. The van der Waals surface area contributed by atoms with Gasteiger partial charge in [0, 0.05) is 32.3 Å². The van der Waals surface area contributed by atoms with Crippen LogP contribution in [0.5, 0.6) is 11.5 Å². The molecule has 1 aromatic carbocycles. The van der Waals surface area contributed by atoms with Gasteiger partial charge in [0.15, 0.2) is 5.96 Å². The number of hydrogen-bond acceptors (Lipinski definition) is 3. The van der Waals surface area contributed by atoms with Crippen LogP contribution in [0.4, 0.5) is 8.78 Å². The summed E-state index contributed by atoms with van der Waals surface area (Å²) in [5, 5.41) is 3.11. The van der Waals surface area contributed by atoms with E-state index in [4.69, 9.17) is 4.74 Å². The highest BCUT2D eigenvalue weighted by atomic mass is 127. The minimum absolute atomic E-state index is 0. The van der Waals surface area contributed by atoms with Crippen LogP contribution in [0.3, 0.4) is 0 Å². The monoisotopic (exact) mass is 457 g/mol. The molecule has 0 spiro atoms. The number of hydrogen-bond donors (Lipinski definition) is 1. The summed E-state index contributed by atoms with van der Waals surface area (Å²) in [5.41, 5.74) is 0.575. The Morgan fingerprint density at radius 1 is 1.29 bits per heavy atom. The molecule has 1 rings (SSSR count). The Kier molecular flexibility index (Phi) is 11.4. The van der Waals surface area contributed by atoms with Crippen LogP contribution in [0.1, 0.15) is 25.8 Å². The lowest BCUT2D eigenvalue weighted by molar-refractivity contribution is -0.0505. The van der Waals surface area contributed by atoms with Crippen molar-refractivity contribution >= 4 is 29.9 Å². The molecule has 0 amide bonds. The second-order valence-corrected chi connectivity index (χ2v) is 5.06. The quantitative estimate of drug-likeness (QED) is 0.367. The van der Waals surface area contributed by atoms with Crippen LogP contribution < -0.4 is 14.8 Å². The lowest BCUT2D eigenvalue weighted by Crippen LogP contribution is -2.36. The van der Waals surface area contributed by atoms with Crippen molar-refractivity contribution in [1.82, 2.24) is 10.2 Å². The number of guanidine groups is 1. The Labute approximate surface area is 159 Å². The highest BCUT2D eigenvalue weighted by Crippen LogP contribution is 2.27. The number of aliphatic imine (C=N–C) groups is 1. The molecule has 0 unspecified atom stereocenters. The van der Waals surface area contributed by atoms with Gasteiger partial charge in [-0.3, -0.25) is 0 Å². The number of alkyl halides is 2. The maximum Gasteiger partial charge on any atom is 0.387 e. The van der Waals surface area contributed by atoms with E-state index < -0.39 is 6.61 Å². The normalized spacial score (nSPS) is 11.0. The van der Waals surface area contributed by atoms with Gasteiger partial charge in [0.2, 0.25) is 0 Å². The van der Waals surface area contributed by atoms with E-state index in [1.165, 1.54) is 6.07 Å². The van der Waals surface area contributed by atoms with E-state index >= 15 is 0 Å². The summed E-state index contributed by atoms with van der Waals surface area (Å²) in [6, 6.07) is 4.92. The minimum atomic E-state index is -2.89. The molecule has 1 N–H and O–H groups in total. The molecule has 0 saturated heterocycles. The van der Waals surface area contributed by atoms with E-state index in [9.17, 15) is 8.78 Å². The predicted octanol–water partition coefficient (Wildman–Crippen LogP) is 3.72. The van der Waals surface area contributed by atoms with Gasteiger partial charge in [0.1, 0.15) is 11.5 Å². The van der Waals surface area contributed by atoms with E-state index in [1.807, 2.05) is 32.8 Å². The Morgan fingerprint density at radius 3 is 2.54 bits per heavy atom. The number of nitrogens with zero attached hydrogens (tertiary/aromatic N) is 2. The molecular weight excluding hydrogens is 431 g/mol. The maximum absolute atomic E-state index is 12.6. The summed E-state index contributed by atoms with van der Waals surface area (Å²) in [6.07, 6.45) is 0.839. The molecule has 0 radical (unpaired) electrons. The van der Waals surface area contributed by atoms with Crippen molar-refractivity contribution in [2.24, 2.45) is 4.99 Å². The van der Waals surface area contributed by atoms with Gasteiger partial charge in [0.25, 0.3) is 0 Å². The largest absolute Gasteiger partial charge is 0.493 e. The zero-order valence-electron chi connectivity index (χ0n) is 14.5. The standard InChI is InChI=1S/C16H25F2N3O2.HI/c1-5-9-22-13-8-7-12(14(10-13)23-15(17)18)11-20-16(19-6-2)21(3)4;/h7-8,10,15H,5-6,9,11H2,1-4H3,(H,19,20);1H. The van der Waals surface area contributed by atoms with Crippen molar-refractivity contribution in [1.29, 1.82) is 0 Å². The van der Waals surface area contributed by atoms with Crippen LogP contribution in [-0.4, -0.2) is 44.7 Å². The van der Waals surface area contributed by atoms with Gasteiger partial charge in [0.05, 0.1) is 13.2 Å². The first-order chi connectivity index (χ1) is 11.0. The SMILES string of the molecule is CCCOc1ccc(CN=C(NCC)N(C)C)c(OC(F)F)c1.I.